The van der Waals surface area contributed by atoms with Crippen LogP contribution in [-0.4, -0.2) is 76.8 Å². The highest BCUT2D eigenvalue weighted by atomic mass is 16.5. The minimum atomic E-state index is 0.0386. The fourth-order valence-electron chi connectivity index (χ4n) is 3.90. The smallest absolute Gasteiger partial charge is 0.254 e. The number of ether oxygens (including phenoxy) is 1. The number of hydrogen-bond acceptors (Lipinski definition) is 7. The van der Waals surface area contributed by atoms with Gasteiger partial charge in [-0.2, -0.15) is 0 Å². The zero-order valence-corrected chi connectivity index (χ0v) is 18.6. The average Bonchev–Trinajstić information content (AvgIpc) is 3.10. The molecule has 1 aliphatic heterocycles. The van der Waals surface area contributed by atoms with Crippen molar-refractivity contribution >= 4 is 28.7 Å². The first kappa shape index (κ1) is 21.0. The molecule has 31 heavy (non-hydrogen) atoms. The maximum Gasteiger partial charge on any atom is 0.254 e. The fourth-order valence-corrected chi connectivity index (χ4v) is 3.90. The van der Waals surface area contributed by atoms with Gasteiger partial charge < -0.3 is 24.4 Å². The molecule has 0 atom stereocenters. The van der Waals surface area contributed by atoms with E-state index in [0.717, 1.165) is 47.1 Å². The van der Waals surface area contributed by atoms with E-state index in [4.69, 9.17) is 4.74 Å². The van der Waals surface area contributed by atoms with E-state index in [2.05, 4.69) is 25.2 Å². The number of amides is 1. The van der Waals surface area contributed by atoms with Crippen molar-refractivity contribution in [3.05, 3.63) is 41.3 Å². The van der Waals surface area contributed by atoms with E-state index in [9.17, 15) is 4.79 Å². The van der Waals surface area contributed by atoms with E-state index in [0.29, 0.717) is 31.8 Å². The lowest BCUT2D eigenvalue weighted by atomic mass is 10.1. The Balaban J connectivity index is 1.45. The van der Waals surface area contributed by atoms with Crippen LogP contribution in [0.1, 0.15) is 21.6 Å². The molecule has 1 saturated heterocycles. The number of fused-ring (bicyclic) bond motifs is 1. The minimum Gasteiger partial charge on any atom is -0.383 e. The van der Waals surface area contributed by atoms with Gasteiger partial charge in [0.05, 0.1) is 17.6 Å². The van der Waals surface area contributed by atoms with E-state index in [1.807, 2.05) is 48.6 Å². The molecule has 0 radical (unpaired) electrons. The number of imidazole rings is 1. The largest absolute Gasteiger partial charge is 0.383 e. The molecule has 4 rings (SSSR count). The Morgan fingerprint density at radius 2 is 1.94 bits per heavy atom. The van der Waals surface area contributed by atoms with Crippen molar-refractivity contribution in [1.29, 1.82) is 0 Å². The van der Waals surface area contributed by atoms with Gasteiger partial charge in [0, 0.05) is 63.7 Å². The van der Waals surface area contributed by atoms with Crippen LogP contribution in [0.25, 0.3) is 11.0 Å². The van der Waals surface area contributed by atoms with Gasteiger partial charge in [-0.1, -0.05) is 0 Å². The third kappa shape index (κ3) is 4.18. The third-order valence-corrected chi connectivity index (χ3v) is 5.89. The first-order valence-corrected chi connectivity index (χ1v) is 10.5. The molecular weight excluding hydrogens is 394 g/mol. The molecule has 1 N–H and O–H groups in total. The zero-order valence-electron chi connectivity index (χ0n) is 18.6. The number of carbonyl (C=O) groups is 1. The van der Waals surface area contributed by atoms with Crippen molar-refractivity contribution in [1.82, 2.24) is 24.4 Å². The molecule has 9 heteroatoms. The van der Waals surface area contributed by atoms with Crippen LogP contribution in [0, 0.1) is 13.8 Å². The number of methoxy groups -OCH3 is 1. The first-order chi connectivity index (χ1) is 15.0. The summed E-state index contributed by atoms with van der Waals surface area (Å²) in [6, 6.07) is 5.72. The van der Waals surface area contributed by atoms with Gasteiger partial charge in [-0.25, -0.2) is 15.0 Å². The highest BCUT2D eigenvalue weighted by molar-refractivity contribution is 5.98. The summed E-state index contributed by atoms with van der Waals surface area (Å²) in [6.07, 6.45) is 1.61. The van der Waals surface area contributed by atoms with Gasteiger partial charge in [0.1, 0.15) is 12.1 Å². The third-order valence-electron chi connectivity index (χ3n) is 5.89. The quantitative estimate of drug-likeness (QED) is 0.607. The summed E-state index contributed by atoms with van der Waals surface area (Å²) in [7, 11) is 3.63. The van der Waals surface area contributed by atoms with Crippen LogP contribution in [0.4, 0.5) is 11.8 Å². The number of piperazine rings is 1. The molecule has 0 spiro atoms. The number of benzene rings is 1. The van der Waals surface area contributed by atoms with Crippen LogP contribution in [0.2, 0.25) is 0 Å². The second-order valence-corrected chi connectivity index (χ2v) is 7.80. The number of aromatic nitrogens is 4. The average molecular weight is 424 g/mol. The van der Waals surface area contributed by atoms with Crippen molar-refractivity contribution in [2.45, 2.75) is 13.8 Å². The molecule has 1 amide bonds. The van der Waals surface area contributed by atoms with E-state index in [1.165, 1.54) is 0 Å². The maximum absolute atomic E-state index is 13.1. The standard InChI is InChI=1S/C22H29N7O2/c1-15-16(2)24-14-25-20(15)28-8-10-29(11-9-28)21(30)17-5-6-19-18(13-17)26-22(27(19)3)23-7-12-31-4/h5-6,13-14H,7-12H2,1-4H3,(H,23,26). The monoisotopic (exact) mass is 423 g/mol. The highest BCUT2D eigenvalue weighted by Gasteiger charge is 2.24. The molecule has 3 aromatic rings. The van der Waals surface area contributed by atoms with Gasteiger partial charge in [-0.3, -0.25) is 4.79 Å². The van der Waals surface area contributed by atoms with E-state index < -0.39 is 0 Å². The summed E-state index contributed by atoms with van der Waals surface area (Å²) < 4.78 is 7.07. The van der Waals surface area contributed by atoms with E-state index in [1.54, 1.807) is 13.4 Å². The van der Waals surface area contributed by atoms with Crippen molar-refractivity contribution in [2.24, 2.45) is 7.05 Å². The molecular formula is C22H29N7O2. The van der Waals surface area contributed by atoms with Crippen LogP contribution in [0.15, 0.2) is 24.5 Å². The Labute approximate surface area is 182 Å². The van der Waals surface area contributed by atoms with Crippen molar-refractivity contribution in [3.63, 3.8) is 0 Å². The number of aryl methyl sites for hydroxylation is 2. The Morgan fingerprint density at radius 1 is 1.16 bits per heavy atom. The fraction of sp³-hybridized carbons (Fsp3) is 0.455. The van der Waals surface area contributed by atoms with Crippen LogP contribution in [0.3, 0.4) is 0 Å². The molecule has 1 aliphatic rings. The summed E-state index contributed by atoms with van der Waals surface area (Å²) in [5.74, 6) is 1.76. The van der Waals surface area contributed by atoms with Crippen LogP contribution in [0.5, 0.6) is 0 Å². The Bertz CT molecular complexity index is 1090. The van der Waals surface area contributed by atoms with Crippen LogP contribution < -0.4 is 10.2 Å². The van der Waals surface area contributed by atoms with Gasteiger partial charge in [-0.15, -0.1) is 0 Å². The summed E-state index contributed by atoms with van der Waals surface area (Å²) in [6.45, 7) is 8.14. The second kappa shape index (κ2) is 8.89. The van der Waals surface area contributed by atoms with Crippen molar-refractivity contribution in [2.75, 3.05) is 56.7 Å². The van der Waals surface area contributed by atoms with Crippen LogP contribution >= 0.6 is 0 Å². The van der Waals surface area contributed by atoms with Gasteiger partial charge in [0.15, 0.2) is 0 Å². The Hall–Kier alpha value is -3.20. The van der Waals surface area contributed by atoms with Gasteiger partial charge in [-0.05, 0) is 32.0 Å². The number of nitrogens with zero attached hydrogens (tertiary/aromatic N) is 6. The molecule has 0 saturated carbocycles. The van der Waals surface area contributed by atoms with E-state index >= 15 is 0 Å². The summed E-state index contributed by atoms with van der Waals surface area (Å²) in [5.41, 5.74) is 4.53. The normalized spacial score (nSPS) is 14.3. The number of carbonyl (C=O) groups excluding carboxylic acids is 1. The topological polar surface area (TPSA) is 88.4 Å². The molecule has 164 valence electrons. The second-order valence-electron chi connectivity index (χ2n) is 7.80. The Morgan fingerprint density at radius 3 is 2.68 bits per heavy atom. The molecule has 0 bridgehead atoms. The lowest BCUT2D eigenvalue weighted by molar-refractivity contribution is 0.0746. The Kier molecular flexibility index (Phi) is 6.03. The SMILES string of the molecule is COCCNc1nc2cc(C(=O)N3CCN(c4ncnc(C)c4C)CC3)ccc2n1C. The molecule has 1 fully saturated rings. The summed E-state index contributed by atoms with van der Waals surface area (Å²) in [4.78, 5) is 30.6. The molecule has 2 aromatic heterocycles. The highest BCUT2D eigenvalue weighted by Crippen LogP contribution is 2.23. The first-order valence-electron chi connectivity index (χ1n) is 10.5. The number of nitrogens with one attached hydrogen (secondary N) is 1. The van der Waals surface area contributed by atoms with E-state index in [-0.39, 0.29) is 5.91 Å². The van der Waals surface area contributed by atoms with Crippen LogP contribution in [-0.2, 0) is 11.8 Å². The van der Waals surface area contributed by atoms with Gasteiger partial charge in [0.25, 0.3) is 5.91 Å². The number of hydrogen-bond donors (Lipinski definition) is 1. The molecule has 9 nitrogen and oxygen atoms in total. The molecule has 1 aromatic carbocycles. The molecule has 3 heterocycles. The summed E-state index contributed by atoms with van der Waals surface area (Å²) in [5, 5.41) is 3.26. The zero-order chi connectivity index (χ0) is 22.0. The lowest BCUT2D eigenvalue weighted by Gasteiger charge is -2.36. The number of rotatable bonds is 6. The minimum absolute atomic E-state index is 0.0386. The summed E-state index contributed by atoms with van der Waals surface area (Å²) >= 11 is 0. The predicted octanol–water partition coefficient (Wildman–Crippen LogP) is 2.00. The molecule has 0 aliphatic carbocycles. The van der Waals surface area contributed by atoms with Gasteiger partial charge >= 0.3 is 0 Å². The van der Waals surface area contributed by atoms with Crippen molar-refractivity contribution in [3.8, 4) is 0 Å². The van der Waals surface area contributed by atoms with Crippen molar-refractivity contribution < 1.29 is 9.53 Å². The maximum atomic E-state index is 13.1. The van der Waals surface area contributed by atoms with Gasteiger partial charge in [0.2, 0.25) is 5.95 Å². The number of anilines is 2. The molecule has 0 unspecified atom stereocenters. The lowest BCUT2D eigenvalue weighted by Crippen LogP contribution is -2.49. The predicted molar refractivity (Wildman–Crippen MR) is 121 cm³/mol.